The van der Waals surface area contributed by atoms with Crippen LogP contribution in [0.1, 0.15) is 5.69 Å². The van der Waals surface area contributed by atoms with E-state index in [-0.39, 0.29) is 0 Å². The van der Waals surface area contributed by atoms with Crippen molar-refractivity contribution in [2.24, 2.45) is 0 Å². The van der Waals surface area contributed by atoms with E-state index in [1.807, 2.05) is 35.7 Å². The summed E-state index contributed by atoms with van der Waals surface area (Å²) in [5.74, 6) is 0.605. The third-order valence-corrected chi connectivity index (χ3v) is 4.52. The Morgan fingerprint density at radius 2 is 2.05 bits per heavy atom. The molecule has 100 valence electrons. The predicted octanol–water partition coefficient (Wildman–Crippen LogP) is 3.97. The van der Waals surface area contributed by atoms with E-state index in [2.05, 4.69) is 36.2 Å². The molecular formula is C14H11BrN4S. The number of anilines is 1. The first-order chi connectivity index (χ1) is 9.83. The molecule has 0 aliphatic carbocycles. The SMILES string of the molecule is Brc1ccsc1-c1ccnc(NCc2ccccn2)n1. The molecule has 0 spiro atoms. The Morgan fingerprint density at radius 3 is 2.80 bits per heavy atom. The van der Waals surface area contributed by atoms with Crippen LogP contribution >= 0.6 is 27.3 Å². The summed E-state index contributed by atoms with van der Waals surface area (Å²) in [6.45, 7) is 0.607. The quantitative estimate of drug-likeness (QED) is 0.776. The minimum absolute atomic E-state index is 0.605. The van der Waals surface area contributed by atoms with Gasteiger partial charge in [-0.1, -0.05) is 6.07 Å². The first-order valence-corrected chi connectivity index (χ1v) is 7.70. The normalized spacial score (nSPS) is 10.4. The molecule has 20 heavy (non-hydrogen) atoms. The largest absolute Gasteiger partial charge is 0.349 e. The molecule has 6 heteroatoms. The fourth-order valence-electron chi connectivity index (χ4n) is 1.72. The maximum absolute atomic E-state index is 4.52. The number of hydrogen-bond donors (Lipinski definition) is 1. The summed E-state index contributed by atoms with van der Waals surface area (Å²) < 4.78 is 1.05. The van der Waals surface area contributed by atoms with Gasteiger partial charge in [0.15, 0.2) is 0 Å². The van der Waals surface area contributed by atoms with Gasteiger partial charge in [0.25, 0.3) is 0 Å². The molecule has 3 heterocycles. The Kier molecular flexibility index (Phi) is 4.03. The fraction of sp³-hybridized carbons (Fsp3) is 0.0714. The third-order valence-electron chi connectivity index (χ3n) is 2.66. The molecule has 0 aromatic carbocycles. The number of nitrogens with zero attached hydrogens (tertiary/aromatic N) is 3. The molecule has 0 aliphatic rings. The van der Waals surface area contributed by atoms with Crippen molar-refractivity contribution in [1.82, 2.24) is 15.0 Å². The van der Waals surface area contributed by atoms with Crippen molar-refractivity contribution in [2.75, 3.05) is 5.32 Å². The summed E-state index contributed by atoms with van der Waals surface area (Å²) in [5, 5.41) is 5.22. The molecule has 0 bridgehead atoms. The van der Waals surface area contributed by atoms with E-state index in [0.29, 0.717) is 12.5 Å². The number of aromatic nitrogens is 3. The zero-order valence-corrected chi connectivity index (χ0v) is 12.9. The van der Waals surface area contributed by atoms with Gasteiger partial charge in [0, 0.05) is 16.9 Å². The maximum atomic E-state index is 4.52. The van der Waals surface area contributed by atoms with E-state index >= 15 is 0 Å². The van der Waals surface area contributed by atoms with Crippen molar-refractivity contribution < 1.29 is 0 Å². The Morgan fingerprint density at radius 1 is 1.10 bits per heavy atom. The molecule has 0 radical (unpaired) electrons. The van der Waals surface area contributed by atoms with Crippen LogP contribution in [0, 0.1) is 0 Å². The smallest absolute Gasteiger partial charge is 0.223 e. The third kappa shape index (κ3) is 3.02. The van der Waals surface area contributed by atoms with Crippen LogP contribution in [0.5, 0.6) is 0 Å². The molecule has 3 rings (SSSR count). The second kappa shape index (κ2) is 6.11. The summed E-state index contributed by atoms with van der Waals surface area (Å²) in [6, 6.07) is 9.75. The Balaban J connectivity index is 1.77. The van der Waals surface area contributed by atoms with E-state index in [0.717, 1.165) is 20.7 Å². The van der Waals surface area contributed by atoms with Crippen LogP contribution in [0.25, 0.3) is 10.6 Å². The van der Waals surface area contributed by atoms with Gasteiger partial charge in [0.1, 0.15) is 0 Å². The molecule has 0 amide bonds. The Bertz CT molecular complexity index is 699. The highest BCUT2D eigenvalue weighted by Gasteiger charge is 2.07. The van der Waals surface area contributed by atoms with Gasteiger partial charge < -0.3 is 5.32 Å². The molecule has 1 N–H and O–H groups in total. The summed E-state index contributed by atoms with van der Waals surface area (Å²) in [6.07, 6.45) is 3.53. The zero-order valence-electron chi connectivity index (χ0n) is 10.5. The van der Waals surface area contributed by atoms with Crippen molar-refractivity contribution in [2.45, 2.75) is 6.54 Å². The summed E-state index contributed by atoms with van der Waals surface area (Å²) >= 11 is 5.17. The second-order valence-electron chi connectivity index (χ2n) is 4.04. The monoisotopic (exact) mass is 346 g/mol. The highest BCUT2D eigenvalue weighted by molar-refractivity contribution is 9.10. The van der Waals surface area contributed by atoms with E-state index in [1.54, 1.807) is 23.7 Å². The lowest BCUT2D eigenvalue weighted by molar-refractivity contribution is 1.00. The van der Waals surface area contributed by atoms with Gasteiger partial charge in [-0.15, -0.1) is 11.3 Å². The van der Waals surface area contributed by atoms with Crippen molar-refractivity contribution in [3.05, 3.63) is 58.3 Å². The molecule has 4 nitrogen and oxygen atoms in total. The van der Waals surface area contributed by atoms with Crippen LogP contribution < -0.4 is 5.32 Å². The number of hydrogen-bond acceptors (Lipinski definition) is 5. The highest BCUT2D eigenvalue weighted by atomic mass is 79.9. The topological polar surface area (TPSA) is 50.7 Å². The fourth-order valence-corrected chi connectivity index (χ4v) is 3.27. The molecule has 0 saturated heterocycles. The lowest BCUT2D eigenvalue weighted by Crippen LogP contribution is -2.04. The lowest BCUT2D eigenvalue weighted by Gasteiger charge is -2.05. The zero-order chi connectivity index (χ0) is 13.8. The van der Waals surface area contributed by atoms with Crippen LogP contribution in [0.3, 0.4) is 0 Å². The van der Waals surface area contributed by atoms with Gasteiger partial charge in [-0.3, -0.25) is 4.98 Å². The molecule has 3 aromatic rings. The Hall–Kier alpha value is -1.79. The molecule has 0 fully saturated rings. The van der Waals surface area contributed by atoms with Gasteiger partial charge in [0.2, 0.25) is 5.95 Å². The molecule has 3 aromatic heterocycles. The summed E-state index contributed by atoms with van der Waals surface area (Å²) in [7, 11) is 0. The number of nitrogens with one attached hydrogen (secondary N) is 1. The molecular weight excluding hydrogens is 336 g/mol. The average Bonchev–Trinajstić information content (AvgIpc) is 2.93. The minimum Gasteiger partial charge on any atom is -0.349 e. The molecule has 0 unspecified atom stereocenters. The van der Waals surface area contributed by atoms with Crippen molar-refractivity contribution in [3.8, 4) is 10.6 Å². The van der Waals surface area contributed by atoms with Gasteiger partial charge in [0.05, 0.1) is 22.8 Å². The van der Waals surface area contributed by atoms with E-state index in [4.69, 9.17) is 0 Å². The van der Waals surface area contributed by atoms with E-state index < -0.39 is 0 Å². The maximum Gasteiger partial charge on any atom is 0.223 e. The first kappa shape index (κ1) is 13.2. The van der Waals surface area contributed by atoms with Crippen molar-refractivity contribution in [3.63, 3.8) is 0 Å². The predicted molar refractivity (Wildman–Crippen MR) is 84.6 cm³/mol. The molecule has 0 aliphatic heterocycles. The Labute approximate surface area is 129 Å². The summed E-state index contributed by atoms with van der Waals surface area (Å²) in [4.78, 5) is 14.1. The highest BCUT2D eigenvalue weighted by Crippen LogP contribution is 2.32. The average molecular weight is 347 g/mol. The van der Waals surface area contributed by atoms with Crippen LogP contribution in [0.15, 0.2) is 52.6 Å². The molecule has 0 saturated carbocycles. The van der Waals surface area contributed by atoms with Crippen LogP contribution in [-0.4, -0.2) is 15.0 Å². The number of rotatable bonds is 4. The van der Waals surface area contributed by atoms with Gasteiger partial charge in [-0.25, -0.2) is 9.97 Å². The lowest BCUT2D eigenvalue weighted by atomic mass is 10.3. The number of halogens is 1. The molecule has 0 atom stereocenters. The van der Waals surface area contributed by atoms with E-state index in [9.17, 15) is 0 Å². The number of thiophene rings is 1. The van der Waals surface area contributed by atoms with Crippen LogP contribution in [-0.2, 0) is 6.54 Å². The standard InChI is InChI=1S/C14H11BrN4S/c15-11-5-8-20-13(11)12-4-7-17-14(19-12)18-9-10-3-1-2-6-16-10/h1-8H,9H2,(H,17,18,19). The van der Waals surface area contributed by atoms with Gasteiger partial charge >= 0.3 is 0 Å². The first-order valence-electron chi connectivity index (χ1n) is 6.03. The van der Waals surface area contributed by atoms with Gasteiger partial charge in [-0.2, -0.15) is 0 Å². The van der Waals surface area contributed by atoms with Crippen molar-refractivity contribution >= 4 is 33.2 Å². The number of pyridine rings is 1. The van der Waals surface area contributed by atoms with Crippen LogP contribution in [0.4, 0.5) is 5.95 Å². The van der Waals surface area contributed by atoms with Crippen molar-refractivity contribution in [1.29, 1.82) is 0 Å². The summed E-state index contributed by atoms with van der Waals surface area (Å²) in [5.41, 5.74) is 1.87. The van der Waals surface area contributed by atoms with Gasteiger partial charge in [-0.05, 0) is 45.6 Å². The van der Waals surface area contributed by atoms with Crippen LogP contribution in [0.2, 0.25) is 0 Å². The van der Waals surface area contributed by atoms with E-state index in [1.165, 1.54) is 0 Å². The second-order valence-corrected chi connectivity index (χ2v) is 5.81. The minimum atomic E-state index is 0.605.